The van der Waals surface area contributed by atoms with Gasteiger partial charge in [-0.2, -0.15) is 0 Å². The number of aryl methyl sites for hydroxylation is 1. The Morgan fingerprint density at radius 2 is 2.50 bits per heavy atom. The predicted molar refractivity (Wildman–Crippen MR) is 65.8 cm³/mol. The molecule has 16 heavy (non-hydrogen) atoms. The Bertz CT molecular complexity index is 321. The number of thiophene rings is 1. The summed E-state index contributed by atoms with van der Waals surface area (Å²) in [5.41, 5.74) is 5.74. The highest BCUT2D eigenvalue weighted by atomic mass is 32.1. The molecule has 1 aliphatic rings. The van der Waals surface area contributed by atoms with Crippen molar-refractivity contribution in [1.29, 1.82) is 0 Å². The Balaban J connectivity index is 1.85. The maximum atomic E-state index is 5.84. The predicted octanol–water partition coefficient (Wildman–Crippen LogP) is 2.25. The molecule has 1 saturated heterocycles. The first-order chi connectivity index (χ1) is 7.79. The van der Waals surface area contributed by atoms with Gasteiger partial charge in [0, 0.05) is 22.9 Å². The zero-order valence-electron chi connectivity index (χ0n) is 9.65. The van der Waals surface area contributed by atoms with Crippen LogP contribution >= 0.6 is 11.3 Å². The lowest BCUT2D eigenvalue weighted by molar-refractivity contribution is -0.0169. The monoisotopic (exact) mass is 241 g/mol. The highest BCUT2D eigenvalue weighted by Gasteiger charge is 2.19. The van der Waals surface area contributed by atoms with Crippen LogP contribution in [-0.2, 0) is 9.47 Å². The molecule has 4 heteroatoms. The van der Waals surface area contributed by atoms with Gasteiger partial charge in [0.25, 0.3) is 0 Å². The van der Waals surface area contributed by atoms with Crippen molar-refractivity contribution in [3.63, 3.8) is 0 Å². The number of ether oxygens (including phenoxy) is 2. The lowest BCUT2D eigenvalue weighted by atomic mass is 10.2. The van der Waals surface area contributed by atoms with E-state index in [2.05, 4.69) is 19.1 Å². The molecule has 0 aliphatic carbocycles. The summed E-state index contributed by atoms with van der Waals surface area (Å²) in [5, 5.41) is 0. The summed E-state index contributed by atoms with van der Waals surface area (Å²) in [5.74, 6) is 0. The summed E-state index contributed by atoms with van der Waals surface area (Å²) >= 11 is 1.76. The maximum absolute atomic E-state index is 5.84. The van der Waals surface area contributed by atoms with Crippen molar-refractivity contribution in [2.24, 2.45) is 5.73 Å². The summed E-state index contributed by atoms with van der Waals surface area (Å²) in [6.07, 6.45) is 2.57. The van der Waals surface area contributed by atoms with Crippen molar-refractivity contribution in [2.45, 2.75) is 32.0 Å². The van der Waals surface area contributed by atoms with Crippen LogP contribution in [0.5, 0.6) is 0 Å². The van der Waals surface area contributed by atoms with Gasteiger partial charge in [-0.1, -0.05) is 0 Å². The van der Waals surface area contributed by atoms with E-state index in [1.54, 1.807) is 11.3 Å². The van der Waals surface area contributed by atoms with Gasteiger partial charge < -0.3 is 15.2 Å². The highest BCUT2D eigenvalue weighted by molar-refractivity contribution is 7.12. The van der Waals surface area contributed by atoms with Crippen LogP contribution in [0, 0.1) is 6.92 Å². The van der Waals surface area contributed by atoms with Crippen molar-refractivity contribution < 1.29 is 9.47 Å². The Labute approximate surface area is 101 Å². The molecule has 0 saturated carbocycles. The molecule has 1 aliphatic heterocycles. The van der Waals surface area contributed by atoms with E-state index in [4.69, 9.17) is 15.2 Å². The first kappa shape index (κ1) is 12.0. The van der Waals surface area contributed by atoms with E-state index < -0.39 is 0 Å². The molecule has 1 fully saturated rings. The summed E-state index contributed by atoms with van der Waals surface area (Å²) in [6, 6.07) is 4.21. The fourth-order valence-electron chi connectivity index (χ4n) is 1.89. The topological polar surface area (TPSA) is 44.5 Å². The van der Waals surface area contributed by atoms with E-state index in [1.807, 2.05) is 0 Å². The minimum atomic E-state index is 0.0305. The van der Waals surface area contributed by atoms with Crippen LogP contribution in [0.15, 0.2) is 12.1 Å². The SMILES string of the molecule is Cc1ccc(C(CN)OCC2CCCO2)s1. The Kier molecular flexibility index (Phi) is 4.35. The molecule has 0 spiro atoms. The third kappa shape index (κ3) is 3.04. The first-order valence-corrected chi connectivity index (χ1v) is 6.61. The summed E-state index contributed by atoms with van der Waals surface area (Å²) in [7, 11) is 0. The smallest absolute Gasteiger partial charge is 0.104 e. The van der Waals surface area contributed by atoms with Gasteiger partial charge in [-0.3, -0.25) is 0 Å². The third-order valence-corrected chi connectivity index (χ3v) is 3.89. The number of nitrogens with two attached hydrogens (primary N) is 1. The second-order valence-electron chi connectivity index (χ2n) is 4.14. The standard InChI is InChI=1S/C12H19NO2S/c1-9-4-5-12(16-9)11(7-13)15-8-10-3-2-6-14-10/h4-5,10-11H,2-3,6-8,13H2,1H3. The molecule has 2 rings (SSSR count). The van der Waals surface area contributed by atoms with E-state index in [-0.39, 0.29) is 12.2 Å². The average molecular weight is 241 g/mol. The van der Waals surface area contributed by atoms with Gasteiger partial charge in [0.15, 0.2) is 0 Å². The zero-order chi connectivity index (χ0) is 11.4. The fourth-order valence-corrected chi connectivity index (χ4v) is 2.83. The average Bonchev–Trinajstić information content (AvgIpc) is 2.91. The molecule has 2 unspecified atom stereocenters. The molecule has 2 N–H and O–H groups in total. The lowest BCUT2D eigenvalue weighted by Crippen LogP contribution is -2.21. The molecule has 0 amide bonds. The molecule has 2 atom stereocenters. The van der Waals surface area contributed by atoms with Crippen LogP contribution in [0.1, 0.15) is 28.7 Å². The van der Waals surface area contributed by atoms with Gasteiger partial charge in [-0.15, -0.1) is 11.3 Å². The van der Waals surface area contributed by atoms with E-state index in [0.29, 0.717) is 13.2 Å². The maximum Gasteiger partial charge on any atom is 0.104 e. The third-order valence-electron chi connectivity index (χ3n) is 2.80. The van der Waals surface area contributed by atoms with E-state index in [0.717, 1.165) is 19.4 Å². The second-order valence-corrected chi connectivity index (χ2v) is 5.46. The fraction of sp³-hybridized carbons (Fsp3) is 0.667. The highest BCUT2D eigenvalue weighted by Crippen LogP contribution is 2.25. The Hall–Kier alpha value is -0.420. The van der Waals surface area contributed by atoms with Gasteiger partial charge in [0.05, 0.1) is 12.7 Å². The Morgan fingerprint density at radius 3 is 3.06 bits per heavy atom. The van der Waals surface area contributed by atoms with Gasteiger partial charge >= 0.3 is 0 Å². The van der Waals surface area contributed by atoms with Crippen molar-refractivity contribution in [3.05, 3.63) is 21.9 Å². The summed E-state index contributed by atoms with van der Waals surface area (Å²) < 4.78 is 11.4. The molecule has 0 aromatic carbocycles. The quantitative estimate of drug-likeness (QED) is 0.860. The summed E-state index contributed by atoms with van der Waals surface area (Å²) in [4.78, 5) is 2.52. The molecule has 1 aromatic rings. The molecular weight excluding hydrogens is 222 g/mol. The van der Waals surface area contributed by atoms with Gasteiger partial charge in [-0.05, 0) is 31.9 Å². The number of hydrogen-bond donors (Lipinski definition) is 1. The molecule has 2 heterocycles. The van der Waals surface area contributed by atoms with Crippen molar-refractivity contribution >= 4 is 11.3 Å². The van der Waals surface area contributed by atoms with Crippen molar-refractivity contribution in [3.8, 4) is 0 Å². The number of rotatable bonds is 5. The van der Waals surface area contributed by atoms with Crippen LogP contribution in [0.4, 0.5) is 0 Å². The second kappa shape index (κ2) is 5.77. The molecule has 1 aromatic heterocycles. The van der Waals surface area contributed by atoms with Crippen LogP contribution in [0.3, 0.4) is 0 Å². The molecular formula is C12H19NO2S. The molecule has 0 bridgehead atoms. The van der Waals surface area contributed by atoms with Crippen molar-refractivity contribution in [1.82, 2.24) is 0 Å². The molecule has 3 nitrogen and oxygen atoms in total. The lowest BCUT2D eigenvalue weighted by Gasteiger charge is -2.17. The normalized spacial score (nSPS) is 22.5. The number of hydrogen-bond acceptors (Lipinski definition) is 4. The van der Waals surface area contributed by atoms with Gasteiger partial charge in [0.1, 0.15) is 6.10 Å². The summed E-state index contributed by atoms with van der Waals surface area (Å²) in [6.45, 7) is 4.17. The van der Waals surface area contributed by atoms with E-state index in [9.17, 15) is 0 Å². The van der Waals surface area contributed by atoms with E-state index in [1.165, 1.54) is 9.75 Å². The van der Waals surface area contributed by atoms with Gasteiger partial charge in [-0.25, -0.2) is 0 Å². The largest absolute Gasteiger partial charge is 0.376 e. The minimum Gasteiger partial charge on any atom is -0.376 e. The van der Waals surface area contributed by atoms with Crippen LogP contribution in [0.25, 0.3) is 0 Å². The van der Waals surface area contributed by atoms with Crippen molar-refractivity contribution in [2.75, 3.05) is 19.8 Å². The molecule has 0 radical (unpaired) electrons. The van der Waals surface area contributed by atoms with Crippen LogP contribution in [0.2, 0.25) is 0 Å². The zero-order valence-corrected chi connectivity index (χ0v) is 10.5. The van der Waals surface area contributed by atoms with Gasteiger partial charge in [0.2, 0.25) is 0 Å². The minimum absolute atomic E-state index is 0.0305. The van der Waals surface area contributed by atoms with Crippen LogP contribution in [-0.4, -0.2) is 25.9 Å². The van der Waals surface area contributed by atoms with E-state index >= 15 is 0 Å². The molecule has 90 valence electrons. The first-order valence-electron chi connectivity index (χ1n) is 5.79. The van der Waals surface area contributed by atoms with Crippen LogP contribution < -0.4 is 5.73 Å². The Morgan fingerprint density at radius 1 is 1.62 bits per heavy atom.